The number of rotatable bonds is 10. The summed E-state index contributed by atoms with van der Waals surface area (Å²) in [6.45, 7) is 9.07. The van der Waals surface area contributed by atoms with Gasteiger partial charge in [-0.1, -0.05) is 31.2 Å². The lowest BCUT2D eigenvalue weighted by molar-refractivity contribution is 0.133. The predicted octanol–water partition coefficient (Wildman–Crippen LogP) is 4.48. The maximum atomic E-state index is 5.38. The Morgan fingerprint density at radius 1 is 1.00 bits per heavy atom. The second-order valence-corrected chi connectivity index (χ2v) is 8.09. The van der Waals surface area contributed by atoms with Gasteiger partial charge in [0.25, 0.3) is 0 Å². The molecule has 2 aromatic rings. The lowest BCUT2D eigenvalue weighted by Gasteiger charge is -2.35. The monoisotopic (exact) mass is 396 g/mol. The van der Waals surface area contributed by atoms with Crippen LogP contribution in [0.15, 0.2) is 48.5 Å². The molecule has 4 nitrogen and oxygen atoms in total. The number of hydrogen-bond acceptors (Lipinski definition) is 4. The van der Waals surface area contributed by atoms with E-state index in [0.29, 0.717) is 0 Å². The third-order valence-corrected chi connectivity index (χ3v) is 5.96. The third-order valence-electron chi connectivity index (χ3n) is 5.96. The molecule has 29 heavy (non-hydrogen) atoms. The first-order valence-electron chi connectivity index (χ1n) is 10.9. The summed E-state index contributed by atoms with van der Waals surface area (Å²) in [6, 6.07) is 16.9. The van der Waals surface area contributed by atoms with Gasteiger partial charge in [0.1, 0.15) is 11.5 Å². The van der Waals surface area contributed by atoms with Crippen molar-refractivity contribution in [3.63, 3.8) is 0 Å². The van der Waals surface area contributed by atoms with Gasteiger partial charge in [0.15, 0.2) is 0 Å². The molecule has 3 rings (SSSR count). The number of ether oxygens (including phenoxy) is 2. The molecule has 1 aliphatic heterocycles. The van der Waals surface area contributed by atoms with Gasteiger partial charge in [-0.25, -0.2) is 0 Å². The number of piperidine rings is 1. The summed E-state index contributed by atoms with van der Waals surface area (Å²) in [6.07, 6.45) is 3.73. The van der Waals surface area contributed by atoms with Gasteiger partial charge >= 0.3 is 0 Å². The first-order chi connectivity index (χ1) is 14.2. The molecule has 0 saturated carbocycles. The zero-order chi connectivity index (χ0) is 20.5. The summed E-state index contributed by atoms with van der Waals surface area (Å²) in [4.78, 5) is 5.22. The Labute approximate surface area is 176 Å². The van der Waals surface area contributed by atoms with Crippen LogP contribution in [-0.2, 0) is 13.0 Å². The van der Waals surface area contributed by atoms with Crippen LogP contribution in [0.25, 0.3) is 0 Å². The van der Waals surface area contributed by atoms with E-state index in [1.54, 1.807) is 14.2 Å². The zero-order valence-electron chi connectivity index (χ0n) is 18.3. The zero-order valence-corrected chi connectivity index (χ0v) is 18.3. The summed E-state index contributed by atoms with van der Waals surface area (Å²) in [5, 5.41) is 0. The van der Waals surface area contributed by atoms with Crippen molar-refractivity contribution in [2.24, 2.45) is 5.92 Å². The van der Waals surface area contributed by atoms with Crippen LogP contribution in [0.2, 0.25) is 0 Å². The van der Waals surface area contributed by atoms with Gasteiger partial charge in [-0.3, -0.25) is 4.90 Å². The van der Waals surface area contributed by atoms with Gasteiger partial charge in [0.05, 0.1) is 14.2 Å². The summed E-state index contributed by atoms with van der Waals surface area (Å²) >= 11 is 0. The Morgan fingerprint density at radius 3 is 2.38 bits per heavy atom. The first kappa shape index (κ1) is 21.7. The first-order valence-corrected chi connectivity index (χ1v) is 10.9. The van der Waals surface area contributed by atoms with Gasteiger partial charge in [-0.05, 0) is 73.7 Å². The Hall–Kier alpha value is -2.04. The van der Waals surface area contributed by atoms with Crippen LogP contribution in [0.5, 0.6) is 11.5 Å². The maximum absolute atomic E-state index is 5.38. The smallest absolute Gasteiger partial charge is 0.119 e. The Bertz CT molecular complexity index is 749. The quantitative estimate of drug-likeness (QED) is 0.591. The highest BCUT2D eigenvalue weighted by atomic mass is 16.5. The summed E-state index contributed by atoms with van der Waals surface area (Å²) in [7, 11) is 3.47. The molecule has 0 bridgehead atoms. The van der Waals surface area contributed by atoms with Crippen LogP contribution >= 0.6 is 0 Å². The van der Waals surface area contributed by atoms with Crippen LogP contribution in [0, 0.1) is 5.92 Å². The molecular weight excluding hydrogens is 360 g/mol. The molecule has 1 atom stereocenters. The molecule has 4 heteroatoms. The van der Waals surface area contributed by atoms with E-state index in [9.17, 15) is 0 Å². The molecule has 1 aliphatic rings. The molecule has 2 aromatic carbocycles. The molecule has 158 valence electrons. The van der Waals surface area contributed by atoms with E-state index >= 15 is 0 Å². The molecule has 0 unspecified atom stereocenters. The van der Waals surface area contributed by atoms with Crippen LogP contribution in [0.1, 0.15) is 30.9 Å². The fourth-order valence-corrected chi connectivity index (χ4v) is 4.32. The SMILES string of the molecule is CCN(Cc1cccc(OC)c1)C[C@H]1CCCN(CCc2cccc(OC)c2)C1. The Kier molecular flexibility index (Phi) is 8.38. The van der Waals surface area contributed by atoms with Crippen LogP contribution in [0.3, 0.4) is 0 Å². The van der Waals surface area contributed by atoms with Crippen molar-refractivity contribution < 1.29 is 9.47 Å². The second-order valence-electron chi connectivity index (χ2n) is 8.09. The number of likely N-dealkylation sites (tertiary alicyclic amines) is 1. The normalized spacial score (nSPS) is 17.4. The molecule has 1 heterocycles. The van der Waals surface area contributed by atoms with E-state index in [4.69, 9.17) is 9.47 Å². The van der Waals surface area contributed by atoms with Gasteiger partial charge in [0, 0.05) is 26.2 Å². The van der Waals surface area contributed by atoms with Crippen molar-refractivity contribution in [3.05, 3.63) is 59.7 Å². The van der Waals surface area contributed by atoms with Crippen molar-refractivity contribution in [2.75, 3.05) is 46.9 Å². The van der Waals surface area contributed by atoms with Gasteiger partial charge in [-0.2, -0.15) is 0 Å². The minimum Gasteiger partial charge on any atom is -0.497 e. The van der Waals surface area contributed by atoms with Gasteiger partial charge < -0.3 is 14.4 Å². The summed E-state index contributed by atoms with van der Waals surface area (Å²) in [5.41, 5.74) is 2.69. The minimum absolute atomic E-state index is 0.750. The van der Waals surface area contributed by atoms with E-state index in [0.717, 1.165) is 43.5 Å². The maximum Gasteiger partial charge on any atom is 0.119 e. The fraction of sp³-hybridized carbons (Fsp3) is 0.520. The van der Waals surface area contributed by atoms with Crippen molar-refractivity contribution in [3.8, 4) is 11.5 Å². The van der Waals surface area contributed by atoms with E-state index in [1.165, 1.54) is 43.6 Å². The molecule has 0 amide bonds. The molecule has 0 aliphatic carbocycles. The Morgan fingerprint density at radius 2 is 1.69 bits per heavy atom. The topological polar surface area (TPSA) is 24.9 Å². The third kappa shape index (κ3) is 6.76. The molecule has 1 fully saturated rings. The van der Waals surface area contributed by atoms with E-state index in [2.05, 4.69) is 53.1 Å². The average molecular weight is 397 g/mol. The minimum atomic E-state index is 0.750. The number of methoxy groups -OCH3 is 2. The van der Waals surface area contributed by atoms with E-state index < -0.39 is 0 Å². The van der Waals surface area contributed by atoms with E-state index in [-0.39, 0.29) is 0 Å². The summed E-state index contributed by atoms with van der Waals surface area (Å²) in [5.74, 6) is 2.65. The van der Waals surface area contributed by atoms with Crippen molar-refractivity contribution in [1.82, 2.24) is 9.80 Å². The molecular formula is C25H36N2O2. The standard InChI is InChI=1S/C25H36N2O2/c1-4-26(18-22-9-6-12-25(17-22)29-3)19-23-10-7-14-27(20-23)15-13-21-8-5-11-24(16-21)28-2/h5-6,8-9,11-12,16-17,23H,4,7,10,13-15,18-20H2,1-3H3/t23-/m1/s1. The highest BCUT2D eigenvalue weighted by Gasteiger charge is 2.21. The predicted molar refractivity (Wildman–Crippen MR) is 120 cm³/mol. The lowest BCUT2D eigenvalue weighted by Crippen LogP contribution is -2.41. The largest absolute Gasteiger partial charge is 0.497 e. The van der Waals surface area contributed by atoms with Gasteiger partial charge in [-0.15, -0.1) is 0 Å². The molecule has 0 aromatic heterocycles. The Balaban J connectivity index is 1.49. The molecule has 0 N–H and O–H groups in total. The lowest BCUT2D eigenvalue weighted by atomic mass is 9.96. The van der Waals surface area contributed by atoms with Crippen LogP contribution in [0.4, 0.5) is 0 Å². The second kappa shape index (κ2) is 11.2. The van der Waals surface area contributed by atoms with Crippen LogP contribution in [-0.4, -0.2) is 56.7 Å². The van der Waals surface area contributed by atoms with Crippen LogP contribution < -0.4 is 9.47 Å². The average Bonchev–Trinajstić information content (AvgIpc) is 2.77. The summed E-state index contributed by atoms with van der Waals surface area (Å²) < 4.78 is 10.7. The van der Waals surface area contributed by atoms with E-state index in [1.807, 2.05) is 12.1 Å². The van der Waals surface area contributed by atoms with Gasteiger partial charge in [0.2, 0.25) is 0 Å². The van der Waals surface area contributed by atoms with Crippen molar-refractivity contribution >= 4 is 0 Å². The highest BCUT2D eigenvalue weighted by molar-refractivity contribution is 5.29. The number of nitrogens with zero attached hydrogens (tertiary/aromatic N) is 2. The molecule has 1 saturated heterocycles. The highest BCUT2D eigenvalue weighted by Crippen LogP contribution is 2.21. The van der Waals surface area contributed by atoms with Crippen molar-refractivity contribution in [1.29, 1.82) is 0 Å². The fourth-order valence-electron chi connectivity index (χ4n) is 4.32. The van der Waals surface area contributed by atoms with Crippen molar-refractivity contribution in [2.45, 2.75) is 32.7 Å². The molecule has 0 radical (unpaired) electrons. The number of benzene rings is 2. The molecule has 0 spiro atoms. The number of hydrogen-bond donors (Lipinski definition) is 0.